The van der Waals surface area contributed by atoms with Crippen molar-refractivity contribution in [1.82, 2.24) is 0 Å². The second-order valence-corrected chi connectivity index (χ2v) is 5.07. The fourth-order valence-electron chi connectivity index (χ4n) is 1.69. The number of hydrogen-bond acceptors (Lipinski definition) is 1. The Kier molecular flexibility index (Phi) is 4.83. The lowest BCUT2D eigenvalue weighted by Gasteiger charge is -2.07. The van der Waals surface area contributed by atoms with Gasteiger partial charge in [-0.05, 0) is 42.3 Å². The molecule has 0 unspecified atom stereocenters. The Morgan fingerprint density at radius 3 is 2.50 bits per heavy atom. The van der Waals surface area contributed by atoms with Gasteiger partial charge in [0, 0.05) is 21.8 Å². The molecule has 0 radical (unpaired) electrons. The molecule has 0 saturated carbocycles. The molecule has 4 heteroatoms. The third-order valence-corrected chi connectivity index (χ3v) is 3.60. The molecule has 0 atom stereocenters. The molecule has 1 amide bonds. The van der Waals surface area contributed by atoms with E-state index in [9.17, 15) is 4.79 Å². The number of amides is 1. The molecule has 0 fully saturated rings. The molecule has 2 rings (SSSR count). The van der Waals surface area contributed by atoms with Gasteiger partial charge in [-0.3, -0.25) is 4.79 Å². The summed E-state index contributed by atoms with van der Waals surface area (Å²) in [6.45, 7) is 1.86. The van der Waals surface area contributed by atoms with Crippen LogP contribution in [0, 0.1) is 6.92 Å². The summed E-state index contributed by atoms with van der Waals surface area (Å²) in [5, 5.41) is 4.02. The van der Waals surface area contributed by atoms with Crippen LogP contribution in [0.1, 0.15) is 11.1 Å². The highest BCUT2D eigenvalue weighted by Crippen LogP contribution is 2.23. The molecule has 20 heavy (non-hydrogen) atoms. The first-order valence-electron chi connectivity index (χ1n) is 6.06. The number of nitrogens with one attached hydrogen (secondary N) is 1. The lowest BCUT2D eigenvalue weighted by Crippen LogP contribution is -2.08. The van der Waals surface area contributed by atoms with E-state index < -0.39 is 0 Å². The van der Waals surface area contributed by atoms with Crippen molar-refractivity contribution in [2.24, 2.45) is 0 Å². The summed E-state index contributed by atoms with van der Waals surface area (Å²) in [6, 6.07) is 12.7. The number of hydrogen-bond donors (Lipinski definition) is 1. The second kappa shape index (κ2) is 6.60. The Labute approximate surface area is 128 Å². The van der Waals surface area contributed by atoms with Crippen molar-refractivity contribution < 1.29 is 4.79 Å². The largest absolute Gasteiger partial charge is 0.322 e. The summed E-state index contributed by atoms with van der Waals surface area (Å²) in [7, 11) is 0. The van der Waals surface area contributed by atoms with Crippen molar-refractivity contribution in [2.75, 3.05) is 5.32 Å². The molecule has 0 aliphatic rings. The van der Waals surface area contributed by atoms with Gasteiger partial charge in [-0.2, -0.15) is 0 Å². The summed E-state index contributed by atoms with van der Waals surface area (Å²) >= 11 is 12.0. The molecule has 2 aromatic carbocycles. The van der Waals surface area contributed by atoms with Gasteiger partial charge >= 0.3 is 0 Å². The van der Waals surface area contributed by atoms with E-state index in [2.05, 4.69) is 5.32 Å². The van der Waals surface area contributed by atoms with Gasteiger partial charge < -0.3 is 5.32 Å². The van der Waals surface area contributed by atoms with E-state index in [1.807, 2.05) is 31.2 Å². The van der Waals surface area contributed by atoms with Gasteiger partial charge in [0.1, 0.15) is 0 Å². The van der Waals surface area contributed by atoms with Gasteiger partial charge in [0.05, 0.1) is 0 Å². The molecular formula is C16H13Cl2NO. The van der Waals surface area contributed by atoms with Crippen LogP contribution >= 0.6 is 23.2 Å². The predicted molar refractivity (Wildman–Crippen MR) is 85.3 cm³/mol. The highest BCUT2D eigenvalue weighted by Gasteiger charge is 2.04. The first-order valence-corrected chi connectivity index (χ1v) is 6.82. The van der Waals surface area contributed by atoms with Gasteiger partial charge in [-0.15, -0.1) is 0 Å². The third kappa shape index (κ3) is 3.62. The average molecular weight is 306 g/mol. The lowest BCUT2D eigenvalue weighted by atomic mass is 10.2. The van der Waals surface area contributed by atoms with E-state index in [0.717, 1.165) is 11.1 Å². The van der Waals surface area contributed by atoms with Gasteiger partial charge in [0.25, 0.3) is 0 Å². The summed E-state index contributed by atoms with van der Waals surface area (Å²) in [5.74, 6) is -0.227. The van der Waals surface area contributed by atoms with Crippen molar-refractivity contribution in [3.05, 3.63) is 69.7 Å². The monoisotopic (exact) mass is 305 g/mol. The normalized spacial score (nSPS) is 10.8. The number of carbonyl (C=O) groups excluding carboxylic acids is 1. The second-order valence-electron chi connectivity index (χ2n) is 4.26. The molecule has 1 N–H and O–H groups in total. The standard InChI is InChI=1S/C16H13Cl2NO/c1-11-13(17)7-4-8-15(11)19-16(20)10-9-12-5-2-3-6-14(12)18/h2-10H,1H3,(H,19,20)/b10-9+. The minimum absolute atomic E-state index is 0.227. The topological polar surface area (TPSA) is 29.1 Å². The maximum Gasteiger partial charge on any atom is 0.248 e. The van der Waals surface area contributed by atoms with Crippen LogP contribution in [-0.2, 0) is 4.79 Å². The molecule has 0 aromatic heterocycles. The minimum Gasteiger partial charge on any atom is -0.322 e. The molecule has 0 aliphatic heterocycles. The van der Waals surface area contributed by atoms with Crippen LogP contribution < -0.4 is 5.32 Å². The van der Waals surface area contributed by atoms with E-state index in [0.29, 0.717) is 15.7 Å². The molecule has 102 valence electrons. The number of benzene rings is 2. The fraction of sp³-hybridized carbons (Fsp3) is 0.0625. The zero-order valence-electron chi connectivity index (χ0n) is 10.9. The van der Waals surface area contributed by atoms with E-state index in [-0.39, 0.29) is 5.91 Å². The van der Waals surface area contributed by atoms with Crippen molar-refractivity contribution in [1.29, 1.82) is 0 Å². The zero-order chi connectivity index (χ0) is 14.5. The maximum atomic E-state index is 11.9. The van der Waals surface area contributed by atoms with Gasteiger partial charge in [0.2, 0.25) is 5.91 Å². The van der Waals surface area contributed by atoms with Gasteiger partial charge in [-0.25, -0.2) is 0 Å². The summed E-state index contributed by atoms with van der Waals surface area (Å²) < 4.78 is 0. The highest BCUT2D eigenvalue weighted by atomic mass is 35.5. The number of rotatable bonds is 3. The van der Waals surface area contributed by atoms with Crippen LogP contribution in [0.4, 0.5) is 5.69 Å². The van der Waals surface area contributed by atoms with Gasteiger partial charge in [0.15, 0.2) is 0 Å². The van der Waals surface area contributed by atoms with E-state index in [1.54, 1.807) is 24.3 Å². The van der Waals surface area contributed by atoms with Crippen LogP contribution in [-0.4, -0.2) is 5.91 Å². The average Bonchev–Trinajstić information content (AvgIpc) is 2.43. The molecule has 0 saturated heterocycles. The van der Waals surface area contributed by atoms with Crippen molar-refractivity contribution in [2.45, 2.75) is 6.92 Å². The third-order valence-electron chi connectivity index (χ3n) is 2.85. The first kappa shape index (κ1) is 14.6. The lowest BCUT2D eigenvalue weighted by molar-refractivity contribution is -0.111. The summed E-state index contributed by atoms with van der Waals surface area (Å²) in [6.07, 6.45) is 3.12. The number of carbonyl (C=O) groups is 1. The summed E-state index contributed by atoms with van der Waals surface area (Å²) in [4.78, 5) is 11.9. The van der Waals surface area contributed by atoms with E-state index in [4.69, 9.17) is 23.2 Å². The number of anilines is 1. The minimum atomic E-state index is -0.227. The van der Waals surface area contributed by atoms with Crippen LogP contribution in [0.15, 0.2) is 48.5 Å². The Morgan fingerprint density at radius 2 is 1.75 bits per heavy atom. The molecule has 2 nitrogen and oxygen atoms in total. The van der Waals surface area contributed by atoms with Crippen LogP contribution in [0.2, 0.25) is 10.0 Å². The maximum absolute atomic E-state index is 11.9. The Morgan fingerprint density at radius 1 is 1.05 bits per heavy atom. The molecule has 0 aliphatic carbocycles. The fourth-order valence-corrected chi connectivity index (χ4v) is 2.07. The van der Waals surface area contributed by atoms with E-state index >= 15 is 0 Å². The molecule has 2 aromatic rings. The SMILES string of the molecule is Cc1c(Cl)cccc1NC(=O)/C=C/c1ccccc1Cl. The highest BCUT2D eigenvalue weighted by molar-refractivity contribution is 6.32. The Balaban J connectivity index is 2.10. The quantitative estimate of drug-likeness (QED) is 0.798. The molecule has 0 spiro atoms. The zero-order valence-corrected chi connectivity index (χ0v) is 12.4. The smallest absolute Gasteiger partial charge is 0.248 e. The number of halogens is 2. The predicted octanol–water partition coefficient (Wildman–Crippen LogP) is 4.95. The Hall–Kier alpha value is -1.77. The molecular weight excluding hydrogens is 293 g/mol. The van der Waals surface area contributed by atoms with Gasteiger partial charge in [-0.1, -0.05) is 47.5 Å². The molecule has 0 heterocycles. The van der Waals surface area contributed by atoms with Crippen molar-refractivity contribution >= 4 is 40.9 Å². The first-order chi connectivity index (χ1) is 9.58. The van der Waals surface area contributed by atoms with E-state index in [1.165, 1.54) is 6.08 Å². The Bertz CT molecular complexity index is 665. The van der Waals surface area contributed by atoms with Crippen molar-refractivity contribution in [3.63, 3.8) is 0 Å². The van der Waals surface area contributed by atoms with Crippen LogP contribution in [0.3, 0.4) is 0 Å². The van der Waals surface area contributed by atoms with Crippen LogP contribution in [0.5, 0.6) is 0 Å². The van der Waals surface area contributed by atoms with Crippen LogP contribution in [0.25, 0.3) is 6.08 Å². The van der Waals surface area contributed by atoms with Crippen molar-refractivity contribution in [3.8, 4) is 0 Å². The molecule has 0 bridgehead atoms. The summed E-state index contributed by atoms with van der Waals surface area (Å²) in [5.41, 5.74) is 2.34.